The molecule has 0 bridgehead atoms. The number of aliphatic imine (C=N–C) groups is 1. The fourth-order valence-electron chi connectivity index (χ4n) is 1.44. The van der Waals surface area contributed by atoms with Gasteiger partial charge in [0.15, 0.2) is 0 Å². The standard InChI is InChI=1S/C11H16N2OS3/c1-3-14-8(2)10-13-9(6-16-10)7-17-11-12-4-5-15-11/h6,8H,3-5,7H2,1-2H3. The minimum atomic E-state index is 0.113. The van der Waals surface area contributed by atoms with E-state index in [0.717, 1.165) is 35.4 Å². The van der Waals surface area contributed by atoms with Crippen LogP contribution in [0.3, 0.4) is 0 Å². The summed E-state index contributed by atoms with van der Waals surface area (Å²) in [6, 6.07) is 0. The summed E-state index contributed by atoms with van der Waals surface area (Å²) < 4.78 is 6.74. The van der Waals surface area contributed by atoms with Crippen LogP contribution in [-0.2, 0) is 10.5 Å². The Morgan fingerprint density at radius 2 is 2.47 bits per heavy atom. The van der Waals surface area contributed by atoms with Gasteiger partial charge in [-0.1, -0.05) is 23.5 Å². The van der Waals surface area contributed by atoms with Crippen LogP contribution in [0.2, 0.25) is 0 Å². The molecule has 0 fully saturated rings. The van der Waals surface area contributed by atoms with Gasteiger partial charge in [0.1, 0.15) is 15.5 Å². The molecule has 0 aliphatic carbocycles. The Labute approximate surface area is 114 Å². The molecule has 1 atom stereocenters. The van der Waals surface area contributed by atoms with E-state index in [4.69, 9.17) is 4.74 Å². The van der Waals surface area contributed by atoms with Crippen LogP contribution in [0.25, 0.3) is 0 Å². The molecule has 1 unspecified atom stereocenters. The molecule has 2 heterocycles. The molecule has 0 saturated heterocycles. The van der Waals surface area contributed by atoms with Crippen molar-refractivity contribution in [2.24, 2.45) is 4.99 Å². The number of thioether (sulfide) groups is 2. The van der Waals surface area contributed by atoms with E-state index in [1.165, 1.54) is 4.38 Å². The van der Waals surface area contributed by atoms with Crippen molar-refractivity contribution in [2.45, 2.75) is 25.7 Å². The van der Waals surface area contributed by atoms with Gasteiger partial charge in [-0.2, -0.15) is 0 Å². The summed E-state index contributed by atoms with van der Waals surface area (Å²) >= 11 is 5.32. The van der Waals surface area contributed by atoms with E-state index in [0.29, 0.717) is 0 Å². The van der Waals surface area contributed by atoms with E-state index in [1.54, 1.807) is 23.1 Å². The molecule has 6 heteroatoms. The van der Waals surface area contributed by atoms with Crippen LogP contribution < -0.4 is 0 Å². The molecule has 1 aliphatic heterocycles. The molecule has 1 aliphatic rings. The zero-order valence-electron chi connectivity index (χ0n) is 10.0. The van der Waals surface area contributed by atoms with Gasteiger partial charge in [-0.15, -0.1) is 11.3 Å². The van der Waals surface area contributed by atoms with Crippen molar-refractivity contribution >= 4 is 39.2 Å². The van der Waals surface area contributed by atoms with Crippen LogP contribution in [-0.4, -0.2) is 28.3 Å². The lowest BCUT2D eigenvalue weighted by molar-refractivity contribution is 0.0761. The van der Waals surface area contributed by atoms with Gasteiger partial charge in [-0.3, -0.25) is 4.99 Å². The van der Waals surface area contributed by atoms with Crippen molar-refractivity contribution in [3.63, 3.8) is 0 Å². The number of nitrogens with zero attached hydrogens (tertiary/aromatic N) is 2. The highest BCUT2D eigenvalue weighted by Crippen LogP contribution is 2.27. The third-order valence-corrected chi connectivity index (χ3v) is 5.58. The zero-order valence-corrected chi connectivity index (χ0v) is 12.5. The topological polar surface area (TPSA) is 34.5 Å². The maximum atomic E-state index is 5.53. The largest absolute Gasteiger partial charge is 0.372 e. The number of thiazole rings is 1. The molecule has 17 heavy (non-hydrogen) atoms. The Hall–Kier alpha value is -0.0400. The second kappa shape index (κ2) is 6.78. The van der Waals surface area contributed by atoms with Crippen LogP contribution in [0, 0.1) is 0 Å². The lowest BCUT2D eigenvalue weighted by Gasteiger charge is -2.06. The normalized spacial score (nSPS) is 17.2. The molecule has 0 spiro atoms. The number of rotatable bonds is 5. The predicted octanol–water partition coefficient (Wildman–Crippen LogP) is 3.58. The fraction of sp³-hybridized carbons (Fsp3) is 0.636. The van der Waals surface area contributed by atoms with Gasteiger partial charge >= 0.3 is 0 Å². The minimum absolute atomic E-state index is 0.113. The Balaban J connectivity index is 1.85. The third-order valence-electron chi connectivity index (χ3n) is 2.24. The van der Waals surface area contributed by atoms with E-state index in [-0.39, 0.29) is 6.10 Å². The first-order valence-corrected chi connectivity index (χ1v) is 8.50. The maximum Gasteiger partial charge on any atom is 0.125 e. The van der Waals surface area contributed by atoms with Gasteiger partial charge in [-0.05, 0) is 13.8 Å². The molecule has 0 N–H and O–H groups in total. The molecule has 0 amide bonds. The average Bonchev–Trinajstić information content (AvgIpc) is 2.98. The van der Waals surface area contributed by atoms with Gasteiger partial charge in [0.25, 0.3) is 0 Å². The number of hydrogen-bond donors (Lipinski definition) is 0. The third kappa shape index (κ3) is 3.98. The molecule has 2 rings (SSSR count). The summed E-state index contributed by atoms with van der Waals surface area (Å²) in [5.41, 5.74) is 1.14. The van der Waals surface area contributed by atoms with Gasteiger partial charge in [-0.25, -0.2) is 4.98 Å². The Morgan fingerprint density at radius 3 is 3.18 bits per heavy atom. The summed E-state index contributed by atoms with van der Waals surface area (Å²) in [6.45, 7) is 5.77. The van der Waals surface area contributed by atoms with Crippen LogP contribution in [0.15, 0.2) is 10.4 Å². The number of hydrogen-bond acceptors (Lipinski definition) is 6. The van der Waals surface area contributed by atoms with Crippen molar-refractivity contribution in [3.05, 3.63) is 16.1 Å². The molecular formula is C11H16N2OS3. The highest BCUT2D eigenvalue weighted by molar-refractivity contribution is 8.38. The Bertz CT molecular complexity index is 392. The lowest BCUT2D eigenvalue weighted by Crippen LogP contribution is -1.99. The zero-order chi connectivity index (χ0) is 12.1. The van der Waals surface area contributed by atoms with Crippen molar-refractivity contribution in [1.29, 1.82) is 0 Å². The summed E-state index contributed by atoms with van der Waals surface area (Å²) in [5, 5.41) is 3.20. The second-order valence-electron chi connectivity index (χ2n) is 3.56. The highest BCUT2D eigenvalue weighted by atomic mass is 32.2. The van der Waals surface area contributed by atoms with Crippen LogP contribution in [0.5, 0.6) is 0 Å². The Morgan fingerprint density at radius 1 is 1.59 bits per heavy atom. The van der Waals surface area contributed by atoms with Gasteiger partial charge < -0.3 is 4.74 Å². The Kier molecular flexibility index (Phi) is 5.34. The van der Waals surface area contributed by atoms with E-state index in [2.05, 4.69) is 22.3 Å². The van der Waals surface area contributed by atoms with Crippen molar-refractivity contribution in [1.82, 2.24) is 4.98 Å². The van der Waals surface area contributed by atoms with Crippen molar-refractivity contribution < 1.29 is 4.74 Å². The SMILES string of the molecule is CCOC(C)c1nc(CSC2=NCCS2)cs1. The maximum absolute atomic E-state index is 5.53. The van der Waals surface area contributed by atoms with E-state index < -0.39 is 0 Å². The fourth-order valence-corrected chi connectivity index (χ4v) is 4.27. The smallest absolute Gasteiger partial charge is 0.125 e. The quantitative estimate of drug-likeness (QED) is 0.829. The molecule has 0 radical (unpaired) electrons. The molecule has 1 aromatic heterocycles. The van der Waals surface area contributed by atoms with Gasteiger partial charge in [0.05, 0.1) is 12.2 Å². The van der Waals surface area contributed by atoms with Crippen LogP contribution in [0.4, 0.5) is 0 Å². The molecule has 1 aromatic rings. The average molecular weight is 288 g/mol. The first-order chi connectivity index (χ1) is 8.29. The molecule has 3 nitrogen and oxygen atoms in total. The molecular weight excluding hydrogens is 272 g/mol. The van der Waals surface area contributed by atoms with Gasteiger partial charge in [0.2, 0.25) is 0 Å². The predicted molar refractivity (Wildman–Crippen MR) is 78.2 cm³/mol. The molecule has 94 valence electrons. The van der Waals surface area contributed by atoms with E-state index in [1.807, 2.05) is 18.7 Å². The summed E-state index contributed by atoms with van der Waals surface area (Å²) in [6.07, 6.45) is 0.113. The van der Waals surface area contributed by atoms with Crippen LogP contribution >= 0.6 is 34.9 Å². The lowest BCUT2D eigenvalue weighted by atomic mass is 10.4. The van der Waals surface area contributed by atoms with Crippen molar-refractivity contribution in [2.75, 3.05) is 18.9 Å². The first kappa shape index (κ1) is 13.4. The molecule has 0 saturated carbocycles. The monoisotopic (exact) mass is 288 g/mol. The number of ether oxygens (including phenoxy) is 1. The summed E-state index contributed by atoms with van der Waals surface area (Å²) in [4.78, 5) is 9.01. The van der Waals surface area contributed by atoms with Crippen molar-refractivity contribution in [3.8, 4) is 0 Å². The summed E-state index contributed by atoms with van der Waals surface area (Å²) in [5.74, 6) is 2.05. The van der Waals surface area contributed by atoms with Gasteiger partial charge in [0, 0.05) is 23.5 Å². The molecule has 0 aromatic carbocycles. The highest BCUT2D eigenvalue weighted by Gasteiger charge is 2.12. The summed E-state index contributed by atoms with van der Waals surface area (Å²) in [7, 11) is 0. The minimum Gasteiger partial charge on any atom is -0.372 e. The number of aromatic nitrogens is 1. The van der Waals surface area contributed by atoms with Crippen LogP contribution in [0.1, 0.15) is 30.7 Å². The van der Waals surface area contributed by atoms with E-state index in [9.17, 15) is 0 Å². The first-order valence-electron chi connectivity index (χ1n) is 5.65. The van der Waals surface area contributed by atoms with E-state index >= 15 is 0 Å². The second-order valence-corrected chi connectivity index (χ2v) is 6.76.